The second-order valence-corrected chi connectivity index (χ2v) is 13.3. The summed E-state index contributed by atoms with van der Waals surface area (Å²) in [5.74, 6) is -1.93. The Morgan fingerprint density at radius 1 is 1.00 bits per heavy atom. The van der Waals surface area contributed by atoms with Gasteiger partial charge in [-0.3, -0.25) is 39.2 Å². The molecule has 0 saturated carbocycles. The Kier molecular flexibility index (Phi) is 10.5. The molecule has 1 atom stereocenters. The van der Waals surface area contributed by atoms with Crippen LogP contribution in [0.3, 0.4) is 0 Å². The molecule has 0 spiro atoms. The molecule has 0 radical (unpaired) electrons. The lowest BCUT2D eigenvalue weighted by atomic mass is 10.0. The van der Waals surface area contributed by atoms with E-state index < -0.39 is 29.7 Å². The van der Waals surface area contributed by atoms with Crippen molar-refractivity contribution in [1.82, 2.24) is 20.1 Å². The number of benzene rings is 2. The van der Waals surface area contributed by atoms with Crippen molar-refractivity contribution in [2.45, 2.75) is 63.5 Å². The Bertz CT molecular complexity index is 1870. The fourth-order valence-corrected chi connectivity index (χ4v) is 6.94. The Morgan fingerprint density at radius 2 is 1.80 bits per heavy atom. The molecule has 6 rings (SSSR count). The van der Waals surface area contributed by atoms with Gasteiger partial charge in [0.2, 0.25) is 17.7 Å². The number of unbranched alkanes of at least 4 members (excludes halogenated alkanes) is 2. The zero-order valence-corrected chi connectivity index (χ0v) is 28.6. The maximum Gasteiger partial charge on any atom is 0.262 e. The van der Waals surface area contributed by atoms with Gasteiger partial charge in [-0.1, -0.05) is 24.6 Å². The van der Waals surface area contributed by atoms with Crippen LogP contribution >= 0.6 is 15.9 Å². The van der Waals surface area contributed by atoms with Gasteiger partial charge in [-0.25, -0.2) is 4.98 Å². The standard InChI is InChI=1S/C36H38BrN7O5/c37-28-6-4-5-22-8-11-29(41-33(22)28)23(20-38)21-40-24-14-17-43(18-15-24)32(46)7-2-1-3-16-39-25-9-10-26-27(19-25)36(49)44(35(26)48)30-12-13-31(45)42-34(30)47/h4-6,8-11,19-21,24,30,39H,1-3,7,12-18,38H2,(H,42,45,47). The topological polar surface area (TPSA) is 167 Å². The number of aliphatic imine (C=N–C) groups is 1. The molecule has 3 aliphatic rings. The van der Waals surface area contributed by atoms with Gasteiger partial charge in [0.05, 0.1) is 28.4 Å². The lowest BCUT2D eigenvalue weighted by Crippen LogP contribution is -2.54. The molecule has 49 heavy (non-hydrogen) atoms. The predicted octanol–water partition coefficient (Wildman–Crippen LogP) is 4.43. The number of likely N-dealkylation sites (tertiary alicyclic amines) is 1. The zero-order valence-electron chi connectivity index (χ0n) is 27.0. The maximum absolute atomic E-state index is 13.0. The van der Waals surface area contributed by atoms with Crippen LogP contribution in [0.5, 0.6) is 0 Å². The largest absolute Gasteiger partial charge is 0.404 e. The molecule has 3 aromatic rings. The van der Waals surface area contributed by atoms with Crippen LogP contribution in [0.2, 0.25) is 0 Å². The SMILES string of the molecule is NC=C(C=NC1CCN(C(=O)CCCCCNc2ccc3c(c2)C(=O)N(C2CCC(=O)NC2=O)C3=O)CC1)c1ccc2cccc(Br)c2n1. The van der Waals surface area contributed by atoms with E-state index in [1.54, 1.807) is 24.4 Å². The molecule has 3 aliphatic heterocycles. The Morgan fingerprint density at radius 3 is 2.57 bits per heavy atom. The molecule has 1 aromatic heterocycles. The second-order valence-electron chi connectivity index (χ2n) is 12.5. The number of imide groups is 2. The van der Waals surface area contributed by atoms with Gasteiger partial charge in [0.15, 0.2) is 0 Å². The molecule has 12 nitrogen and oxygen atoms in total. The van der Waals surface area contributed by atoms with E-state index in [1.807, 2.05) is 35.2 Å². The van der Waals surface area contributed by atoms with Crippen LogP contribution in [-0.4, -0.2) is 82.3 Å². The molecule has 2 aromatic carbocycles. The van der Waals surface area contributed by atoms with E-state index >= 15 is 0 Å². The average Bonchev–Trinajstić information content (AvgIpc) is 3.35. The molecule has 13 heteroatoms. The Balaban J connectivity index is 0.898. The van der Waals surface area contributed by atoms with Crippen molar-refractivity contribution in [2.75, 3.05) is 25.0 Å². The van der Waals surface area contributed by atoms with Crippen LogP contribution in [0, 0.1) is 0 Å². The van der Waals surface area contributed by atoms with Crippen molar-refractivity contribution in [1.29, 1.82) is 0 Å². The van der Waals surface area contributed by atoms with Crippen molar-refractivity contribution in [2.24, 2.45) is 10.7 Å². The number of rotatable bonds is 11. The molecule has 5 amide bonds. The van der Waals surface area contributed by atoms with Crippen molar-refractivity contribution < 1.29 is 24.0 Å². The number of carbonyl (C=O) groups excluding carboxylic acids is 5. The first-order valence-corrected chi connectivity index (χ1v) is 17.4. The number of para-hydroxylation sites is 1. The van der Waals surface area contributed by atoms with Crippen molar-refractivity contribution >= 4 is 73.8 Å². The molecule has 1 unspecified atom stereocenters. The highest BCUT2D eigenvalue weighted by Crippen LogP contribution is 2.30. The van der Waals surface area contributed by atoms with Crippen molar-refractivity contribution in [3.8, 4) is 0 Å². The molecule has 4 heterocycles. The lowest BCUT2D eigenvalue weighted by Gasteiger charge is -2.30. The van der Waals surface area contributed by atoms with Crippen molar-refractivity contribution in [3.05, 3.63) is 76.0 Å². The zero-order chi connectivity index (χ0) is 34.5. The predicted molar refractivity (Wildman–Crippen MR) is 190 cm³/mol. The number of nitrogens with zero attached hydrogens (tertiary/aromatic N) is 4. The third-order valence-electron chi connectivity index (χ3n) is 9.22. The minimum Gasteiger partial charge on any atom is -0.404 e. The molecule has 254 valence electrons. The van der Waals surface area contributed by atoms with E-state index in [4.69, 9.17) is 15.7 Å². The van der Waals surface area contributed by atoms with Crippen molar-refractivity contribution in [3.63, 3.8) is 0 Å². The van der Waals surface area contributed by atoms with Gasteiger partial charge in [0.25, 0.3) is 11.8 Å². The van der Waals surface area contributed by atoms with Crippen LogP contribution in [0.25, 0.3) is 16.5 Å². The van der Waals surface area contributed by atoms with E-state index in [0.717, 1.165) is 63.6 Å². The summed E-state index contributed by atoms with van der Waals surface area (Å²) in [5, 5.41) is 6.53. The molecular weight excluding hydrogens is 690 g/mol. The number of aromatic nitrogens is 1. The van der Waals surface area contributed by atoms with Gasteiger partial charge in [-0.2, -0.15) is 0 Å². The average molecular weight is 729 g/mol. The minimum absolute atomic E-state index is 0.0783. The minimum atomic E-state index is -0.987. The highest BCUT2D eigenvalue weighted by atomic mass is 79.9. The third kappa shape index (κ3) is 7.56. The molecule has 0 aliphatic carbocycles. The molecule has 2 fully saturated rings. The fourth-order valence-electron chi connectivity index (χ4n) is 6.47. The number of hydrogen-bond donors (Lipinski definition) is 3. The van der Waals surface area contributed by atoms with Gasteiger partial charge in [-0.05, 0) is 78.4 Å². The molecule has 0 bridgehead atoms. The fraction of sp³-hybridized carbons (Fsp3) is 0.361. The van der Waals surface area contributed by atoms with Gasteiger partial charge < -0.3 is 16.0 Å². The van der Waals surface area contributed by atoms with Gasteiger partial charge in [0, 0.05) is 66.0 Å². The third-order valence-corrected chi connectivity index (χ3v) is 9.86. The number of pyridine rings is 1. The molecule has 2 saturated heterocycles. The van der Waals surface area contributed by atoms with Crippen LogP contribution in [0.15, 0.2) is 64.2 Å². The number of nitrogens with one attached hydrogen (secondary N) is 2. The summed E-state index contributed by atoms with van der Waals surface area (Å²) in [4.78, 5) is 75.0. The Hall–Kier alpha value is -4.91. The summed E-state index contributed by atoms with van der Waals surface area (Å²) in [6.45, 7) is 1.98. The first kappa shape index (κ1) is 34.0. The number of anilines is 1. The smallest absolute Gasteiger partial charge is 0.262 e. The van der Waals surface area contributed by atoms with Crippen LogP contribution < -0.4 is 16.4 Å². The van der Waals surface area contributed by atoms with Gasteiger partial charge in [0.1, 0.15) is 6.04 Å². The molecule has 4 N–H and O–H groups in total. The summed E-state index contributed by atoms with van der Waals surface area (Å²) in [7, 11) is 0. The van der Waals surface area contributed by atoms with E-state index in [9.17, 15) is 24.0 Å². The van der Waals surface area contributed by atoms with Crippen LogP contribution in [-0.2, 0) is 14.4 Å². The quantitative estimate of drug-likeness (QED) is 0.148. The van der Waals surface area contributed by atoms with Gasteiger partial charge >= 0.3 is 0 Å². The summed E-state index contributed by atoms with van der Waals surface area (Å²) in [6, 6.07) is 14.0. The molecular formula is C36H38BrN7O5. The number of nitrogens with two attached hydrogens (primary N) is 1. The van der Waals surface area contributed by atoms with Crippen LogP contribution in [0.4, 0.5) is 5.69 Å². The summed E-state index contributed by atoms with van der Waals surface area (Å²) >= 11 is 3.56. The van der Waals surface area contributed by atoms with Gasteiger partial charge in [-0.15, -0.1) is 0 Å². The number of halogens is 1. The maximum atomic E-state index is 13.0. The number of piperidine rings is 2. The lowest BCUT2D eigenvalue weighted by molar-refractivity contribution is -0.136. The monoisotopic (exact) mass is 727 g/mol. The normalized spacial score (nSPS) is 18.8. The first-order valence-electron chi connectivity index (χ1n) is 16.6. The summed E-state index contributed by atoms with van der Waals surface area (Å²) < 4.78 is 0.921. The number of amides is 5. The van der Waals surface area contributed by atoms with Crippen LogP contribution in [0.1, 0.15) is 77.8 Å². The van der Waals surface area contributed by atoms with E-state index in [0.29, 0.717) is 31.7 Å². The highest BCUT2D eigenvalue weighted by molar-refractivity contribution is 9.10. The Labute approximate surface area is 292 Å². The summed E-state index contributed by atoms with van der Waals surface area (Å²) in [5.41, 5.74) is 9.49. The second kappa shape index (κ2) is 15.1. The first-order chi connectivity index (χ1) is 23.7. The number of fused-ring (bicyclic) bond motifs is 2. The number of hydrogen-bond acceptors (Lipinski definition) is 9. The highest BCUT2D eigenvalue weighted by Gasteiger charge is 2.44. The number of carbonyl (C=O) groups is 5. The number of allylic oxidation sites excluding steroid dienone is 1. The van der Waals surface area contributed by atoms with E-state index in [2.05, 4.69) is 26.6 Å². The summed E-state index contributed by atoms with van der Waals surface area (Å²) in [6.07, 6.45) is 8.05. The van der Waals surface area contributed by atoms with E-state index in [-0.39, 0.29) is 35.9 Å². The van der Waals surface area contributed by atoms with E-state index in [1.165, 1.54) is 6.20 Å².